The first kappa shape index (κ1) is 14.3. The first-order valence-corrected chi connectivity index (χ1v) is 8.53. The highest BCUT2D eigenvalue weighted by Gasteiger charge is 2.18. The molecule has 8 heteroatoms. The van der Waals surface area contributed by atoms with E-state index in [4.69, 9.17) is 5.73 Å². The van der Waals surface area contributed by atoms with Crippen molar-refractivity contribution in [1.82, 2.24) is 9.71 Å². The lowest BCUT2D eigenvalue weighted by atomic mass is 10.3. The van der Waals surface area contributed by atoms with Crippen LogP contribution in [-0.4, -0.2) is 20.4 Å². The van der Waals surface area contributed by atoms with Crippen LogP contribution in [0.5, 0.6) is 0 Å². The fourth-order valence-electron chi connectivity index (χ4n) is 1.40. The number of nitrogen functional groups attached to an aromatic ring is 1. The van der Waals surface area contributed by atoms with Gasteiger partial charge in [-0.25, -0.2) is 18.1 Å². The van der Waals surface area contributed by atoms with Crippen LogP contribution in [0.4, 0.5) is 5.69 Å². The smallest absolute Gasteiger partial charge is 0.241 e. The Bertz CT molecular complexity index is 695. The second-order valence-corrected chi connectivity index (χ2v) is 7.77. The maximum atomic E-state index is 12.0. The van der Waals surface area contributed by atoms with Crippen molar-refractivity contribution in [1.29, 1.82) is 0 Å². The Balaban J connectivity index is 2.46. The van der Waals surface area contributed by atoms with Crippen LogP contribution in [0.15, 0.2) is 37.7 Å². The van der Waals surface area contributed by atoms with Crippen LogP contribution in [0, 0.1) is 6.92 Å². The molecule has 3 N–H and O–H groups in total. The van der Waals surface area contributed by atoms with E-state index in [1.807, 2.05) is 12.3 Å². The molecule has 0 aliphatic carbocycles. The molecule has 1 aromatic heterocycles. The largest absolute Gasteiger partial charge is 0.399 e. The van der Waals surface area contributed by atoms with Gasteiger partial charge in [-0.15, -0.1) is 11.3 Å². The van der Waals surface area contributed by atoms with Crippen molar-refractivity contribution < 1.29 is 8.42 Å². The van der Waals surface area contributed by atoms with Crippen LogP contribution in [0.2, 0.25) is 0 Å². The summed E-state index contributed by atoms with van der Waals surface area (Å²) >= 11 is 2.80. The number of rotatable bonds is 4. The molecule has 2 aromatic rings. The van der Waals surface area contributed by atoms with E-state index in [-0.39, 0.29) is 4.90 Å². The van der Waals surface area contributed by atoms with Crippen molar-refractivity contribution in [2.45, 2.75) is 21.1 Å². The molecule has 0 unspecified atom stereocenters. The number of thiazole rings is 1. The zero-order chi connectivity index (χ0) is 14.0. The summed E-state index contributed by atoms with van der Waals surface area (Å²) in [5.74, 6) is 0. The Labute approximate surface area is 120 Å². The van der Waals surface area contributed by atoms with E-state index in [2.05, 4.69) is 9.71 Å². The predicted molar refractivity (Wildman–Crippen MR) is 78.1 cm³/mol. The molecule has 5 nitrogen and oxygen atoms in total. The normalized spacial score (nSPS) is 11.7. The predicted octanol–water partition coefficient (Wildman–Crippen LogP) is 2.09. The van der Waals surface area contributed by atoms with Crippen molar-refractivity contribution >= 4 is 38.8 Å². The zero-order valence-corrected chi connectivity index (χ0v) is 12.8. The maximum absolute atomic E-state index is 12.0. The number of nitrogens with one attached hydrogen (secondary N) is 1. The molecule has 19 heavy (non-hydrogen) atoms. The van der Waals surface area contributed by atoms with Crippen LogP contribution in [0.1, 0.15) is 5.69 Å². The van der Waals surface area contributed by atoms with Gasteiger partial charge in [-0.2, -0.15) is 0 Å². The van der Waals surface area contributed by atoms with Crippen molar-refractivity contribution in [2.75, 3.05) is 12.8 Å². The second kappa shape index (κ2) is 5.49. The van der Waals surface area contributed by atoms with E-state index in [9.17, 15) is 8.42 Å². The van der Waals surface area contributed by atoms with Gasteiger partial charge in [-0.1, -0.05) is 11.8 Å². The summed E-state index contributed by atoms with van der Waals surface area (Å²) in [5, 5.41) is 1.92. The number of sulfonamides is 1. The van der Waals surface area contributed by atoms with E-state index >= 15 is 0 Å². The van der Waals surface area contributed by atoms with Crippen LogP contribution in [-0.2, 0) is 10.0 Å². The number of hydrogen-bond acceptors (Lipinski definition) is 6. The minimum atomic E-state index is -3.54. The molecule has 0 aliphatic rings. The highest BCUT2D eigenvalue weighted by atomic mass is 32.2. The fraction of sp³-hybridized carbons (Fsp3) is 0.182. The first-order valence-electron chi connectivity index (χ1n) is 5.35. The van der Waals surface area contributed by atoms with Gasteiger partial charge >= 0.3 is 0 Å². The molecule has 0 saturated carbocycles. The van der Waals surface area contributed by atoms with Crippen molar-refractivity contribution in [3.63, 3.8) is 0 Å². The lowest BCUT2D eigenvalue weighted by Gasteiger charge is -2.09. The molecule has 1 aromatic carbocycles. The van der Waals surface area contributed by atoms with E-state index in [0.29, 0.717) is 10.6 Å². The Morgan fingerprint density at radius 1 is 1.42 bits per heavy atom. The molecule has 2 rings (SSSR count). The number of hydrogen-bond donors (Lipinski definition) is 2. The lowest BCUT2D eigenvalue weighted by Crippen LogP contribution is -2.19. The summed E-state index contributed by atoms with van der Waals surface area (Å²) in [6.45, 7) is 1.90. The number of nitrogens with zero attached hydrogens (tertiary/aromatic N) is 1. The molecule has 102 valence electrons. The molecule has 0 aliphatic heterocycles. The molecular formula is C11H13N3O2S3. The first-order chi connectivity index (χ1) is 8.92. The second-order valence-electron chi connectivity index (χ2n) is 3.77. The Hall–Kier alpha value is -1.09. The van der Waals surface area contributed by atoms with E-state index in [1.165, 1.54) is 36.2 Å². The molecule has 0 atom stereocenters. The third kappa shape index (κ3) is 3.27. The summed E-state index contributed by atoms with van der Waals surface area (Å²) in [4.78, 5) is 5.10. The van der Waals surface area contributed by atoms with E-state index < -0.39 is 10.0 Å². The maximum Gasteiger partial charge on any atom is 0.241 e. The van der Waals surface area contributed by atoms with Crippen molar-refractivity contribution in [3.8, 4) is 0 Å². The third-order valence-corrected chi connectivity index (χ3v) is 6.04. The number of aromatic nitrogens is 1. The molecule has 0 bridgehead atoms. The summed E-state index contributed by atoms with van der Waals surface area (Å²) in [7, 11) is -2.16. The number of aryl methyl sites for hydroxylation is 1. The van der Waals surface area contributed by atoms with Gasteiger partial charge in [0, 0.05) is 21.7 Å². The molecule has 0 fully saturated rings. The average Bonchev–Trinajstić information content (AvgIpc) is 2.77. The van der Waals surface area contributed by atoms with Crippen LogP contribution in [0.3, 0.4) is 0 Å². The van der Waals surface area contributed by atoms with Crippen molar-refractivity contribution in [3.05, 3.63) is 29.3 Å². The van der Waals surface area contributed by atoms with E-state index in [0.717, 1.165) is 10.0 Å². The van der Waals surface area contributed by atoms with Crippen LogP contribution >= 0.6 is 23.1 Å². The monoisotopic (exact) mass is 315 g/mol. The quantitative estimate of drug-likeness (QED) is 0.844. The molecule has 0 spiro atoms. The molecular weight excluding hydrogens is 302 g/mol. The fourth-order valence-corrected chi connectivity index (χ4v) is 4.50. The summed E-state index contributed by atoms with van der Waals surface area (Å²) in [6, 6.07) is 4.83. The number of nitrogens with two attached hydrogens (primary N) is 1. The average molecular weight is 315 g/mol. The van der Waals surface area contributed by atoms with Crippen LogP contribution in [0.25, 0.3) is 0 Å². The Morgan fingerprint density at radius 2 is 2.16 bits per heavy atom. The van der Waals surface area contributed by atoms with Crippen molar-refractivity contribution in [2.24, 2.45) is 0 Å². The topological polar surface area (TPSA) is 85.1 Å². The summed E-state index contributed by atoms with van der Waals surface area (Å²) in [5.41, 5.74) is 6.99. The molecule has 0 radical (unpaired) electrons. The molecule has 0 saturated heterocycles. The SMILES string of the molecule is CNS(=O)(=O)c1cc(N)ccc1Sc1nc(C)cs1. The minimum absolute atomic E-state index is 0.174. The summed E-state index contributed by atoms with van der Waals surface area (Å²) < 4.78 is 27.0. The lowest BCUT2D eigenvalue weighted by molar-refractivity contribution is 0.586. The Kier molecular flexibility index (Phi) is 4.14. The highest BCUT2D eigenvalue weighted by molar-refractivity contribution is 8.01. The van der Waals surface area contributed by atoms with Gasteiger partial charge in [0.15, 0.2) is 4.34 Å². The zero-order valence-electron chi connectivity index (χ0n) is 10.4. The van der Waals surface area contributed by atoms with Gasteiger partial charge in [-0.3, -0.25) is 0 Å². The van der Waals surface area contributed by atoms with Gasteiger partial charge in [0.05, 0.1) is 4.90 Å². The van der Waals surface area contributed by atoms with Gasteiger partial charge in [-0.05, 0) is 32.2 Å². The molecule has 1 heterocycles. The van der Waals surface area contributed by atoms with Gasteiger partial charge in [0.1, 0.15) is 0 Å². The Morgan fingerprint density at radius 3 is 2.74 bits per heavy atom. The van der Waals surface area contributed by atoms with Gasteiger partial charge < -0.3 is 5.73 Å². The minimum Gasteiger partial charge on any atom is -0.399 e. The highest BCUT2D eigenvalue weighted by Crippen LogP contribution is 2.35. The van der Waals surface area contributed by atoms with Crippen LogP contribution < -0.4 is 10.5 Å². The number of benzene rings is 1. The number of anilines is 1. The van der Waals surface area contributed by atoms with Gasteiger partial charge in [0.25, 0.3) is 0 Å². The van der Waals surface area contributed by atoms with E-state index in [1.54, 1.807) is 12.1 Å². The standard InChI is InChI=1S/C11H13N3O2S3/c1-7-6-17-11(14-7)18-9-4-3-8(12)5-10(9)19(15,16)13-2/h3-6,13H,12H2,1-2H3. The summed E-state index contributed by atoms with van der Waals surface area (Å²) in [6.07, 6.45) is 0. The van der Waals surface area contributed by atoms with Gasteiger partial charge in [0.2, 0.25) is 10.0 Å². The third-order valence-electron chi connectivity index (χ3n) is 2.32. The molecule has 0 amide bonds.